The summed E-state index contributed by atoms with van der Waals surface area (Å²) in [7, 11) is -14.8. The second-order valence-corrected chi connectivity index (χ2v) is 36.4. The highest BCUT2D eigenvalue weighted by Gasteiger charge is 2.75. The number of benzene rings is 2. The highest BCUT2D eigenvalue weighted by atomic mass is 28.4. The smallest absolute Gasteiger partial charge is 0.400 e. The van der Waals surface area contributed by atoms with Crippen LogP contribution in [0.15, 0.2) is 84.0 Å². The van der Waals surface area contributed by atoms with Crippen LogP contribution in [0.1, 0.15) is 28.7 Å². The van der Waals surface area contributed by atoms with Gasteiger partial charge in [-0.3, -0.25) is 0 Å². The molecule has 0 heterocycles. The van der Waals surface area contributed by atoms with Crippen LogP contribution in [-0.2, 0) is 40.1 Å². The Morgan fingerprint density at radius 1 is 0.441 bits per heavy atom. The summed E-state index contributed by atoms with van der Waals surface area (Å²) < 4.78 is 221. The second kappa shape index (κ2) is 14.8. The van der Waals surface area contributed by atoms with E-state index in [4.69, 9.17) is 17.7 Å². The lowest BCUT2D eigenvalue weighted by Gasteiger charge is -2.55. The molecule has 59 heavy (non-hydrogen) atoms. The molecule has 0 saturated carbocycles. The van der Waals surface area contributed by atoms with Gasteiger partial charge in [-0.15, -0.1) is 0 Å². The Labute approximate surface area is 341 Å². The van der Waals surface area contributed by atoms with Gasteiger partial charge in [0.1, 0.15) is 0 Å². The second-order valence-electron chi connectivity index (χ2n) is 18.7. The molecule has 0 spiro atoms. The van der Waals surface area contributed by atoms with Crippen LogP contribution in [-0.4, -0.2) is 58.0 Å². The normalized spacial score (nSPS) is 27.6. The minimum atomic E-state index is -5.81. The van der Waals surface area contributed by atoms with Gasteiger partial charge in [0.25, 0.3) is 0 Å². The molecular weight excluding hydrogens is 873 g/mol. The summed E-state index contributed by atoms with van der Waals surface area (Å²) in [6.45, 7) is 19.0. The number of halogens is 12. The summed E-state index contributed by atoms with van der Waals surface area (Å²) in [6.07, 6.45) is -24.2. The fourth-order valence-corrected chi connectivity index (χ4v) is 13.1. The molecule has 2 aromatic carbocycles. The van der Waals surface area contributed by atoms with E-state index in [1.54, 1.807) is 0 Å². The summed E-state index contributed by atoms with van der Waals surface area (Å²) in [4.78, 5) is 0. The minimum Gasteiger partial charge on any atom is -0.400 e. The predicted molar refractivity (Wildman–Crippen MR) is 211 cm³/mol. The molecule has 0 aromatic heterocycles. The molecule has 4 rings (SSSR count). The third-order valence-corrected chi connectivity index (χ3v) is 13.1. The standard InChI is InChI=1S/C39H50F12O4Si4/c1-25-24-31-30(34(38(46,47)48,54-58(8,9)10)28-20-16-17-21-29(28)35(31,39(49,50)51)55-59(11,12)13)22-23-32(36(40,41)42,52-56(2,3)4)26-18-14-15-19-27(26)33(25,37(43,44)45)53-57(5,6)7/h14-22,24H,1,23H2,2-13H3/b30-22+,31-24?. The summed E-state index contributed by atoms with van der Waals surface area (Å²) in [5.41, 5.74) is -25.2. The Kier molecular flexibility index (Phi) is 12.4. The lowest BCUT2D eigenvalue weighted by molar-refractivity contribution is -0.268. The Bertz CT molecular complexity index is 2000. The predicted octanol–water partition coefficient (Wildman–Crippen LogP) is 13.6. The summed E-state index contributed by atoms with van der Waals surface area (Å²) >= 11 is 0. The third kappa shape index (κ3) is 8.66. The number of rotatable bonds is 8. The average molecular weight is 923 g/mol. The lowest BCUT2D eigenvalue weighted by atomic mass is 9.62. The van der Waals surface area contributed by atoms with Crippen LogP contribution in [0.4, 0.5) is 52.7 Å². The molecular formula is C39H50F12O4Si4. The average Bonchev–Trinajstić information content (AvgIpc) is 2.99. The SMILES string of the molecule is C=C1C=C2/C(=C\CC(O[Si](C)(C)C)(C(F)(F)F)c3ccccc3C1(O[Si](C)(C)C)C(F)(F)F)C(O[Si](C)(C)C)(C(F)(F)F)c1ccccc1C2(O[Si](C)(C)C)C(F)(F)F. The van der Waals surface area contributed by atoms with E-state index in [2.05, 4.69) is 6.58 Å². The topological polar surface area (TPSA) is 36.9 Å². The molecule has 0 saturated heterocycles. The van der Waals surface area contributed by atoms with E-state index in [1.807, 2.05) is 0 Å². The highest BCUT2D eigenvalue weighted by Crippen LogP contribution is 2.66. The van der Waals surface area contributed by atoms with Crippen molar-refractivity contribution in [3.8, 4) is 0 Å². The Hall–Kier alpha value is -2.47. The number of hydrogen-bond donors (Lipinski definition) is 0. The van der Waals surface area contributed by atoms with Gasteiger partial charge in [-0.2, -0.15) is 52.7 Å². The Balaban J connectivity index is 2.60. The van der Waals surface area contributed by atoms with Crippen LogP contribution in [0.5, 0.6) is 0 Å². The zero-order valence-corrected chi connectivity index (χ0v) is 38.9. The van der Waals surface area contributed by atoms with Crippen molar-refractivity contribution in [1.82, 2.24) is 0 Å². The van der Waals surface area contributed by atoms with Crippen LogP contribution in [0.25, 0.3) is 0 Å². The highest BCUT2D eigenvalue weighted by molar-refractivity contribution is 6.71. The monoisotopic (exact) mass is 922 g/mol. The van der Waals surface area contributed by atoms with Crippen molar-refractivity contribution in [3.05, 3.63) is 106 Å². The van der Waals surface area contributed by atoms with Gasteiger partial charge < -0.3 is 17.7 Å². The van der Waals surface area contributed by atoms with E-state index in [0.717, 1.165) is 42.5 Å². The van der Waals surface area contributed by atoms with Gasteiger partial charge in [0.05, 0.1) is 0 Å². The van der Waals surface area contributed by atoms with E-state index in [-0.39, 0.29) is 6.08 Å². The zero-order chi connectivity index (χ0) is 45.6. The largest absolute Gasteiger partial charge is 0.425 e. The molecule has 330 valence electrons. The van der Waals surface area contributed by atoms with Crippen LogP contribution in [0.3, 0.4) is 0 Å². The van der Waals surface area contributed by atoms with Gasteiger partial charge in [0.15, 0.2) is 38.9 Å². The number of alkyl halides is 12. The summed E-state index contributed by atoms with van der Waals surface area (Å²) in [6, 6.07) is 6.88. The van der Waals surface area contributed by atoms with Crippen molar-refractivity contribution in [3.63, 3.8) is 0 Å². The van der Waals surface area contributed by atoms with Gasteiger partial charge in [0.2, 0.25) is 16.8 Å². The molecule has 4 nitrogen and oxygen atoms in total. The fraction of sp³-hybridized carbons (Fsp3) is 0.538. The van der Waals surface area contributed by atoms with Gasteiger partial charge in [-0.1, -0.05) is 61.2 Å². The maximum atomic E-state index is 16.5. The van der Waals surface area contributed by atoms with Crippen LogP contribution in [0.2, 0.25) is 78.6 Å². The first kappa shape index (κ1) is 49.2. The van der Waals surface area contributed by atoms with Crippen LogP contribution in [0, 0.1) is 0 Å². The van der Waals surface area contributed by atoms with Crippen molar-refractivity contribution in [1.29, 1.82) is 0 Å². The molecule has 0 N–H and O–H groups in total. The van der Waals surface area contributed by atoms with E-state index in [0.29, 0.717) is 12.1 Å². The van der Waals surface area contributed by atoms with Crippen LogP contribution < -0.4 is 0 Å². The van der Waals surface area contributed by atoms with Crippen molar-refractivity contribution >= 4 is 33.3 Å². The number of hydrogen-bond acceptors (Lipinski definition) is 4. The first-order chi connectivity index (χ1) is 26.1. The van der Waals surface area contributed by atoms with Crippen molar-refractivity contribution < 1.29 is 70.4 Å². The van der Waals surface area contributed by atoms with E-state index in [1.165, 1.54) is 78.6 Å². The maximum Gasteiger partial charge on any atom is 0.425 e. The molecule has 2 aliphatic rings. The number of fused-ring (bicyclic) bond motifs is 3. The lowest BCUT2D eigenvalue weighted by Crippen LogP contribution is -2.63. The molecule has 4 unspecified atom stereocenters. The molecule has 0 aliphatic heterocycles. The van der Waals surface area contributed by atoms with Crippen molar-refractivity contribution in [2.24, 2.45) is 0 Å². The molecule has 2 aliphatic carbocycles. The summed E-state index contributed by atoms with van der Waals surface area (Å²) in [5.74, 6) is 0. The van der Waals surface area contributed by atoms with Gasteiger partial charge in [-0.05, 0) is 101 Å². The first-order valence-electron chi connectivity index (χ1n) is 18.5. The van der Waals surface area contributed by atoms with E-state index in [9.17, 15) is 0 Å². The molecule has 0 radical (unpaired) electrons. The quantitative estimate of drug-likeness (QED) is 0.195. The first-order valence-corrected chi connectivity index (χ1v) is 32.2. The molecule has 0 fully saturated rings. The van der Waals surface area contributed by atoms with E-state index >= 15 is 52.7 Å². The third-order valence-electron chi connectivity index (χ3n) is 9.35. The molecule has 20 heteroatoms. The minimum absolute atomic E-state index is 0.216. The van der Waals surface area contributed by atoms with Crippen LogP contribution >= 0.6 is 0 Å². The Morgan fingerprint density at radius 2 is 0.746 bits per heavy atom. The zero-order valence-electron chi connectivity index (χ0n) is 34.9. The summed E-state index contributed by atoms with van der Waals surface area (Å²) in [5, 5.41) is 0. The maximum absolute atomic E-state index is 16.5. The molecule has 0 amide bonds. The molecule has 0 bridgehead atoms. The van der Waals surface area contributed by atoms with Gasteiger partial charge in [-0.25, -0.2) is 0 Å². The fourth-order valence-electron chi connectivity index (χ4n) is 7.93. The van der Waals surface area contributed by atoms with Crippen molar-refractivity contribution in [2.75, 3.05) is 0 Å². The van der Waals surface area contributed by atoms with Crippen molar-refractivity contribution in [2.45, 2.75) is 132 Å². The van der Waals surface area contributed by atoms with E-state index < -0.39 is 126 Å². The van der Waals surface area contributed by atoms with Gasteiger partial charge in [0, 0.05) is 28.7 Å². The molecule has 4 atom stereocenters. The van der Waals surface area contributed by atoms with Gasteiger partial charge >= 0.3 is 24.7 Å². The molecule has 2 aromatic rings. The Morgan fingerprint density at radius 3 is 1.07 bits per heavy atom.